The van der Waals surface area contributed by atoms with E-state index in [1.807, 2.05) is 0 Å². The van der Waals surface area contributed by atoms with Gasteiger partial charge in [-0.15, -0.1) is 0 Å². The molecule has 17 heavy (non-hydrogen) atoms. The molecule has 0 unspecified atom stereocenters. The van der Waals surface area contributed by atoms with Crippen molar-refractivity contribution in [2.45, 2.75) is 78.1 Å². The lowest BCUT2D eigenvalue weighted by atomic mass is 10.1. The van der Waals surface area contributed by atoms with Crippen molar-refractivity contribution in [1.82, 2.24) is 5.32 Å². The van der Waals surface area contributed by atoms with Crippen molar-refractivity contribution < 1.29 is 0 Å². The van der Waals surface area contributed by atoms with E-state index in [2.05, 4.69) is 43.7 Å². The van der Waals surface area contributed by atoms with Crippen LogP contribution in [0.4, 0.5) is 0 Å². The molecule has 0 heterocycles. The van der Waals surface area contributed by atoms with Crippen molar-refractivity contribution >= 4 is 0 Å². The van der Waals surface area contributed by atoms with Crippen molar-refractivity contribution in [2.24, 2.45) is 0 Å². The van der Waals surface area contributed by atoms with Crippen molar-refractivity contribution in [3.63, 3.8) is 0 Å². The predicted molar refractivity (Wildman–Crippen MR) is 78.9 cm³/mol. The molecule has 1 N–H and O–H groups in total. The monoisotopic (exact) mass is 237 g/mol. The minimum atomic E-state index is 1.21. The van der Waals surface area contributed by atoms with Crippen LogP contribution in [-0.2, 0) is 0 Å². The maximum absolute atomic E-state index is 3.21. The van der Waals surface area contributed by atoms with Gasteiger partial charge in [-0.05, 0) is 38.1 Å². The summed E-state index contributed by atoms with van der Waals surface area (Å²) in [7, 11) is 0. The van der Waals surface area contributed by atoms with Crippen LogP contribution in [0.3, 0.4) is 0 Å². The summed E-state index contributed by atoms with van der Waals surface area (Å²) in [5.41, 5.74) is 0. The molecular weight excluding hydrogens is 206 g/mol. The molecule has 0 aliphatic heterocycles. The zero-order valence-electron chi connectivity index (χ0n) is 11.9. The Morgan fingerprint density at radius 2 is 1.12 bits per heavy atom. The fourth-order valence-corrected chi connectivity index (χ4v) is 1.74. The molecule has 1 heteroatoms. The highest BCUT2D eigenvalue weighted by atomic mass is 14.8. The standard InChI is InChI=1S/C16H31N/c1-3-5-7-9-11-13-15-17-16-14-12-10-8-6-4-2/h13-17H,3-12H2,1-2H3/b15-13+,16-14+. The first-order valence-electron chi connectivity index (χ1n) is 7.47. The Hall–Kier alpha value is -0.720. The molecule has 0 aliphatic carbocycles. The van der Waals surface area contributed by atoms with Gasteiger partial charge in [0.25, 0.3) is 0 Å². The van der Waals surface area contributed by atoms with Gasteiger partial charge >= 0.3 is 0 Å². The van der Waals surface area contributed by atoms with Gasteiger partial charge < -0.3 is 5.32 Å². The lowest BCUT2D eigenvalue weighted by Crippen LogP contribution is -1.91. The highest BCUT2D eigenvalue weighted by molar-refractivity contribution is 4.88. The molecule has 0 aromatic rings. The number of hydrogen-bond donors (Lipinski definition) is 1. The number of allylic oxidation sites excluding steroid dienone is 2. The van der Waals surface area contributed by atoms with Crippen LogP contribution in [0, 0.1) is 0 Å². The quantitative estimate of drug-likeness (QED) is 0.439. The van der Waals surface area contributed by atoms with Crippen LogP contribution in [0.2, 0.25) is 0 Å². The number of nitrogens with one attached hydrogen (secondary N) is 1. The zero-order chi connectivity index (χ0) is 12.6. The van der Waals surface area contributed by atoms with Crippen LogP contribution in [-0.4, -0.2) is 0 Å². The van der Waals surface area contributed by atoms with Crippen molar-refractivity contribution in [2.75, 3.05) is 0 Å². The average molecular weight is 237 g/mol. The van der Waals surface area contributed by atoms with Gasteiger partial charge in [0.15, 0.2) is 0 Å². The molecule has 0 aromatic heterocycles. The van der Waals surface area contributed by atoms with Gasteiger partial charge in [0.1, 0.15) is 0 Å². The second-order valence-corrected chi connectivity index (χ2v) is 4.67. The molecule has 0 spiro atoms. The molecular formula is C16H31N. The summed E-state index contributed by atoms with van der Waals surface area (Å²) < 4.78 is 0. The van der Waals surface area contributed by atoms with Crippen LogP contribution >= 0.6 is 0 Å². The maximum atomic E-state index is 3.21. The smallest absolute Gasteiger partial charge is 0.00358 e. The van der Waals surface area contributed by atoms with Crippen LogP contribution in [0.25, 0.3) is 0 Å². The number of unbranched alkanes of at least 4 members (excludes halogenated alkanes) is 8. The summed E-state index contributed by atoms with van der Waals surface area (Å²) in [5, 5.41) is 3.21. The van der Waals surface area contributed by atoms with Crippen molar-refractivity contribution in [3.05, 3.63) is 24.6 Å². The maximum Gasteiger partial charge on any atom is -0.00358 e. The van der Waals surface area contributed by atoms with Crippen LogP contribution in [0.5, 0.6) is 0 Å². The van der Waals surface area contributed by atoms with Crippen LogP contribution < -0.4 is 5.32 Å². The van der Waals surface area contributed by atoms with E-state index in [9.17, 15) is 0 Å². The van der Waals surface area contributed by atoms with E-state index in [1.54, 1.807) is 0 Å². The minimum absolute atomic E-state index is 1.21. The van der Waals surface area contributed by atoms with E-state index in [-0.39, 0.29) is 0 Å². The summed E-state index contributed by atoms with van der Waals surface area (Å²) in [6, 6.07) is 0. The molecule has 0 radical (unpaired) electrons. The van der Waals surface area contributed by atoms with Gasteiger partial charge in [-0.1, -0.05) is 64.5 Å². The largest absolute Gasteiger partial charge is 0.368 e. The summed E-state index contributed by atoms with van der Waals surface area (Å²) in [6.07, 6.45) is 21.8. The topological polar surface area (TPSA) is 12.0 Å². The Balaban J connectivity index is 3.14. The molecule has 0 saturated heterocycles. The van der Waals surface area contributed by atoms with Gasteiger partial charge in [-0.2, -0.15) is 0 Å². The number of rotatable bonds is 12. The average Bonchev–Trinajstić information content (AvgIpc) is 2.35. The Bertz CT molecular complexity index is 162. The molecule has 0 aromatic carbocycles. The van der Waals surface area contributed by atoms with E-state index in [4.69, 9.17) is 0 Å². The highest BCUT2D eigenvalue weighted by Gasteiger charge is 1.84. The second kappa shape index (κ2) is 15.3. The molecule has 0 bridgehead atoms. The zero-order valence-corrected chi connectivity index (χ0v) is 11.9. The van der Waals surface area contributed by atoms with E-state index in [1.165, 1.54) is 64.2 Å². The summed E-state index contributed by atoms with van der Waals surface area (Å²) in [4.78, 5) is 0. The number of hydrogen-bond acceptors (Lipinski definition) is 1. The third-order valence-corrected chi connectivity index (χ3v) is 2.88. The molecule has 0 saturated carbocycles. The SMILES string of the molecule is CCCCCC/C=C/N/C=C/CCCCCC. The molecule has 0 rings (SSSR count). The lowest BCUT2D eigenvalue weighted by molar-refractivity contribution is 0.672. The Morgan fingerprint density at radius 3 is 1.53 bits per heavy atom. The molecule has 0 amide bonds. The third kappa shape index (κ3) is 15.3. The normalized spacial score (nSPS) is 11.6. The van der Waals surface area contributed by atoms with E-state index in [0.29, 0.717) is 0 Å². The lowest BCUT2D eigenvalue weighted by Gasteiger charge is -1.95. The molecule has 100 valence electrons. The fourth-order valence-electron chi connectivity index (χ4n) is 1.74. The van der Waals surface area contributed by atoms with E-state index >= 15 is 0 Å². The van der Waals surface area contributed by atoms with Gasteiger partial charge in [-0.3, -0.25) is 0 Å². The van der Waals surface area contributed by atoms with Crippen LogP contribution in [0.15, 0.2) is 24.6 Å². The second-order valence-electron chi connectivity index (χ2n) is 4.67. The Kier molecular flexibility index (Phi) is 14.6. The Morgan fingerprint density at radius 1 is 0.647 bits per heavy atom. The van der Waals surface area contributed by atoms with Crippen molar-refractivity contribution in [3.8, 4) is 0 Å². The minimum Gasteiger partial charge on any atom is -0.368 e. The fraction of sp³-hybridized carbons (Fsp3) is 0.750. The van der Waals surface area contributed by atoms with Gasteiger partial charge in [0.05, 0.1) is 0 Å². The highest BCUT2D eigenvalue weighted by Crippen LogP contribution is 2.03. The first-order valence-corrected chi connectivity index (χ1v) is 7.47. The third-order valence-electron chi connectivity index (χ3n) is 2.88. The van der Waals surface area contributed by atoms with Gasteiger partial charge in [0.2, 0.25) is 0 Å². The summed E-state index contributed by atoms with van der Waals surface area (Å²) in [5.74, 6) is 0. The molecule has 0 aliphatic rings. The van der Waals surface area contributed by atoms with E-state index < -0.39 is 0 Å². The summed E-state index contributed by atoms with van der Waals surface area (Å²) >= 11 is 0. The van der Waals surface area contributed by atoms with Gasteiger partial charge in [-0.25, -0.2) is 0 Å². The summed E-state index contributed by atoms with van der Waals surface area (Å²) in [6.45, 7) is 4.51. The van der Waals surface area contributed by atoms with Crippen molar-refractivity contribution in [1.29, 1.82) is 0 Å². The molecule has 0 fully saturated rings. The Labute approximate surface area is 108 Å². The first kappa shape index (κ1) is 16.3. The first-order chi connectivity index (χ1) is 8.41. The van der Waals surface area contributed by atoms with Gasteiger partial charge in [0, 0.05) is 0 Å². The van der Waals surface area contributed by atoms with Crippen LogP contribution in [0.1, 0.15) is 78.1 Å². The molecule has 1 nitrogen and oxygen atoms in total. The predicted octanol–water partition coefficient (Wildman–Crippen LogP) is 5.54. The molecule has 0 atom stereocenters. The van der Waals surface area contributed by atoms with E-state index in [0.717, 1.165) is 0 Å².